The highest BCUT2D eigenvalue weighted by Crippen LogP contribution is 2.06. The van der Waals surface area contributed by atoms with Gasteiger partial charge in [0.1, 0.15) is 18.7 Å². The van der Waals surface area contributed by atoms with Crippen molar-refractivity contribution >= 4 is 18.0 Å². The SMILES string of the molecule is CCOC(=O)CN(C)C(=O)CNC(=O)OC(C)(C)C. The van der Waals surface area contributed by atoms with Crippen molar-refractivity contribution in [2.24, 2.45) is 0 Å². The quantitative estimate of drug-likeness (QED) is 0.739. The molecule has 0 aliphatic carbocycles. The number of nitrogens with zero attached hydrogens (tertiary/aromatic N) is 1. The fourth-order valence-electron chi connectivity index (χ4n) is 1.09. The van der Waals surface area contributed by atoms with Gasteiger partial charge in [0.2, 0.25) is 5.91 Å². The van der Waals surface area contributed by atoms with Gasteiger partial charge in [-0.2, -0.15) is 0 Å². The molecule has 0 aromatic heterocycles. The second-order valence-electron chi connectivity index (χ2n) is 4.91. The molecule has 2 amide bonds. The fourth-order valence-corrected chi connectivity index (χ4v) is 1.09. The van der Waals surface area contributed by atoms with Crippen LogP contribution < -0.4 is 5.32 Å². The van der Waals surface area contributed by atoms with Crippen LogP contribution in [0.15, 0.2) is 0 Å². The summed E-state index contributed by atoms with van der Waals surface area (Å²) in [5, 5.41) is 2.32. The van der Waals surface area contributed by atoms with Crippen molar-refractivity contribution in [1.82, 2.24) is 10.2 Å². The van der Waals surface area contributed by atoms with E-state index in [1.807, 2.05) is 0 Å². The fraction of sp³-hybridized carbons (Fsp3) is 0.750. The van der Waals surface area contributed by atoms with E-state index in [9.17, 15) is 14.4 Å². The molecular formula is C12H22N2O5. The van der Waals surface area contributed by atoms with Crippen LogP contribution in [0.5, 0.6) is 0 Å². The number of carbonyl (C=O) groups excluding carboxylic acids is 3. The van der Waals surface area contributed by atoms with Crippen LogP contribution in [-0.2, 0) is 19.1 Å². The summed E-state index contributed by atoms with van der Waals surface area (Å²) < 4.78 is 9.68. The lowest BCUT2D eigenvalue weighted by Crippen LogP contribution is -2.42. The maximum absolute atomic E-state index is 11.6. The van der Waals surface area contributed by atoms with Crippen LogP contribution in [0.3, 0.4) is 0 Å². The van der Waals surface area contributed by atoms with Crippen molar-refractivity contribution in [3.8, 4) is 0 Å². The summed E-state index contributed by atoms with van der Waals surface area (Å²) in [5.41, 5.74) is -0.621. The molecular weight excluding hydrogens is 252 g/mol. The molecule has 0 spiro atoms. The zero-order chi connectivity index (χ0) is 15.1. The lowest BCUT2D eigenvalue weighted by molar-refractivity contribution is -0.147. The minimum Gasteiger partial charge on any atom is -0.465 e. The number of alkyl carbamates (subject to hydrolysis) is 1. The van der Waals surface area contributed by atoms with E-state index in [-0.39, 0.29) is 19.7 Å². The normalized spacial score (nSPS) is 10.6. The third kappa shape index (κ3) is 8.87. The third-order valence-corrected chi connectivity index (χ3v) is 1.88. The summed E-state index contributed by atoms with van der Waals surface area (Å²) in [4.78, 5) is 35.2. The predicted octanol–water partition coefficient (Wildman–Crippen LogP) is 0.533. The Bertz CT molecular complexity index is 336. The highest BCUT2D eigenvalue weighted by Gasteiger charge is 2.18. The van der Waals surface area contributed by atoms with E-state index in [0.717, 1.165) is 0 Å². The van der Waals surface area contributed by atoms with Crippen molar-refractivity contribution in [3.63, 3.8) is 0 Å². The Morgan fingerprint density at radius 1 is 1.21 bits per heavy atom. The van der Waals surface area contributed by atoms with Crippen LogP contribution in [-0.4, -0.2) is 55.2 Å². The molecule has 0 fully saturated rings. The Balaban J connectivity index is 4.04. The van der Waals surface area contributed by atoms with E-state index in [1.165, 1.54) is 11.9 Å². The molecule has 0 rings (SSSR count). The topological polar surface area (TPSA) is 84.9 Å². The molecule has 110 valence electrons. The Morgan fingerprint density at radius 2 is 1.79 bits per heavy atom. The molecule has 0 radical (unpaired) electrons. The molecule has 0 aromatic rings. The Labute approximate surface area is 113 Å². The number of likely N-dealkylation sites (N-methyl/N-ethyl adjacent to an activating group) is 1. The second-order valence-corrected chi connectivity index (χ2v) is 4.91. The Hall–Kier alpha value is -1.79. The van der Waals surface area contributed by atoms with Gasteiger partial charge in [0.15, 0.2) is 0 Å². The number of esters is 1. The summed E-state index contributed by atoms with van der Waals surface area (Å²) in [6.07, 6.45) is -0.676. The first-order valence-electron chi connectivity index (χ1n) is 6.02. The van der Waals surface area contributed by atoms with Crippen LogP contribution in [0.1, 0.15) is 27.7 Å². The van der Waals surface area contributed by atoms with Gasteiger partial charge in [-0.25, -0.2) is 4.79 Å². The summed E-state index contributed by atoms with van der Waals surface area (Å²) >= 11 is 0. The first kappa shape index (κ1) is 17.2. The average molecular weight is 274 g/mol. The van der Waals surface area contributed by atoms with Gasteiger partial charge in [-0.1, -0.05) is 0 Å². The average Bonchev–Trinajstić information content (AvgIpc) is 2.23. The van der Waals surface area contributed by atoms with Crippen molar-refractivity contribution in [1.29, 1.82) is 0 Å². The highest BCUT2D eigenvalue weighted by molar-refractivity contribution is 5.85. The zero-order valence-corrected chi connectivity index (χ0v) is 12.1. The zero-order valence-electron chi connectivity index (χ0n) is 12.1. The maximum Gasteiger partial charge on any atom is 0.408 e. The Kier molecular flexibility index (Phi) is 6.89. The molecule has 19 heavy (non-hydrogen) atoms. The molecule has 0 saturated carbocycles. The van der Waals surface area contributed by atoms with Crippen molar-refractivity contribution in [3.05, 3.63) is 0 Å². The van der Waals surface area contributed by atoms with Gasteiger partial charge in [-0.05, 0) is 27.7 Å². The number of hydrogen-bond acceptors (Lipinski definition) is 5. The lowest BCUT2D eigenvalue weighted by Gasteiger charge is -2.20. The molecule has 0 atom stereocenters. The van der Waals surface area contributed by atoms with E-state index in [1.54, 1.807) is 27.7 Å². The van der Waals surface area contributed by atoms with Crippen LogP contribution in [0, 0.1) is 0 Å². The highest BCUT2D eigenvalue weighted by atomic mass is 16.6. The number of carbonyl (C=O) groups is 3. The van der Waals surface area contributed by atoms with Gasteiger partial charge in [-0.3, -0.25) is 9.59 Å². The first-order chi connectivity index (χ1) is 8.65. The monoisotopic (exact) mass is 274 g/mol. The molecule has 7 nitrogen and oxygen atoms in total. The van der Waals surface area contributed by atoms with Crippen LogP contribution in [0.25, 0.3) is 0 Å². The van der Waals surface area contributed by atoms with E-state index in [2.05, 4.69) is 5.32 Å². The van der Waals surface area contributed by atoms with Crippen molar-refractivity contribution < 1.29 is 23.9 Å². The molecule has 1 N–H and O–H groups in total. The molecule has 0 saturated heterocycles. The maximum atomic E-state index is 11.6. The van der Waals surface area contributed by atoms with Gasteiger partial charge in [0.05, 0.1) is 6.61 Å². The molecule has 0 heterocycles. The summed E-state index contributed by atoms with van der Waals surface area (Å²) in [7, 11) is 1.45. The molecule has 0 aromatic carbocycles. The van der Waals surface area contributed by atoms with Crippen LogP contribution in [0.2, 0.25) is 0 Å². The van der Waals surface area contributed by atoms with Gasteiger partial charge in [0, 0.05) is 7.05 Å². The van der Waals surface area contributed by atoms with E-state index in [4.69, 9.17) is 9.47 Å². The molecule has 0 aliphatic rings. The lowest BCUT2D eigenvalue weighted by atomic mass is 10.2. The molecule has 0 aliphatic heterocycles. The van der Waals surface area contributed by atoms with Gasteiger partial charge >= 0.3 is 12.1 Å². The first-order valence-corrected chi connectivity index (χ1v) is 6.02. The van der Waals surface area contributed by atoms with E-state index < -0.39 is 23.6 Å². The Morgan fingerprint density at radius 3 is 2.26 bits per heavy atom. The third-order valence-electron chi connectivity index (χ3n) is 1.88. The molecule has 0 bridgehead atoms. The van der Waals surface area contributed by atoms with Crippen molar-refractivity contribution in [2.45, 2.75) is 33.3 Å². The molecule has 0 unspecified atom stereocenters. The minimum absolute atomic E-state index is 0.150. The van der Waals surface area contributed by atoms with Crippen LogP contribution >= 0.6 is 0 Å². The van der Waals surface area contributed by atoms with Gasteiger partial charge < -0.3 is 19.7 Å². The summed E-state index contributed by atoms with van der Waals surface area (Å²) in [6.45, 7) is 6.73. The summed E-state index contributed by atoms with van der Waals surface area (Å²) in [6, 6.07) is 0. The van der Waals surface area contributed by atoms with E-state index in [0.29, 0.717) is 0 Å². The standard InChI is InChI=1S/C12H22N2O5/c1-6-18-10(16)8-14(5)9(15)7-13-11(17)19-12(2,3)4/h6-8H2,1-5H3,(H,13,17). The number of rotatable bonds is 5. The van der Waals surface area contributed by atoms with E-state index >= 15 is 0 Å². The predicted molar refractivity (Wildman–Crippen MR) is 68.5 cm³/mol. The number of amides is 2. The number of hydrogen-bond donors (Lipinski definition) is 1. The number of nitrogens with one attached hydrogen (secondary N) is 1. The van der Waals surface area contributed by atoms with Gasteiger partial charge in [0.25, 0.3) is 0 Å². The largest absolute Gasteiger partial charge is 0.465 e. The van der Waals surface area contributed by atoms with Gasteiger partial charge in [-0.15, -0.1) is 0 Å². The second kappa shape index (κ2) is 7.60. The molecule has 7 heteroatoms. The number of ether oxygens (including phenoxy) is 2. The van der Waals surface area contributed by atoms with Crippen LogP contribution in [0.4, 0.5) is 4.79 Å². The smallest absolute Gasteiger partial charge is 0.408 e. The van der Waals surface area contributed by atoms with Crippen molar-refractivity contribution in [2.75, 3.05) is 26.7 Å². The summed E-state index contributed by atoms with van der Waals surface area (Å²) in [5.74, 6) is -0.894. The minimum atomic E-state index is -0.676.